The van der Waals surface area contributed by atoms with Gasteiger partial charge in [-0.3, -0.25) is 0 Å². The first-order valence-electron chi connectivity index (χ1n) is 6.93. The first-order chi connectivity index (χ1) is 8.50. The van der Waals surface area contributed by atoms with E-state index in [1.165, 1.54) is 5.56 Å². The van der Waals surface area contributed by atoms with Crippen molar-refractivity contribution >= 4 is 0 Å². The molecule has 2 unspecified atom stereocenters. The van der Waals surface area contributed by atoms with Crippen LogP contribution < -0.4 is 0 Å². The first kappa shape index (κ1) is 13.6. The van der Waals surface area contributed by atoms with Crippen LogP contribution in [0.4, 0.5) is 0 Å². The molecule has 0 aliphatic heterocycles. The van der Waals surface area contributed by atoms with Gasteiger partial charge in [-0.05, 0) is 37.3 Å². The molecule has 18 heavy (non-hydrogen) atoms. The van der Waals surface area contributed by atoms with Crippen molar-refractivity contribution in [1.29, 1.82) is 0 Å². The summed E-state index contributed by atoms with van der Waals surface area (Å²) in [5, 5.41) is 10.3. The number of aliphatic hydroxyl groups excluding tert-OH is 1. The molecule has 1 aliphatic carbocycles. The molecule has 0 spiro atoms. The minimum absolute atomic E-state index is 0.0751. The maximum atomic E-state index is 10.3. The molecular formula is C16H25NO. The fraction of sp³-hybridized carbons (Fsp3) is 0.625. The Morgan fingerprint density at radius 3 is 2.50 bits per heavy atom. The van der Waals surface area contributed by atoms with E-state index in [9.17, 15) is 5.11 Å². The summed E-state index contributed by atoms with van der Waals surface area (Å²) in [6.45, 7) is 5.35. The van der Waals surface area contributed by atoms with Crippen molar-refractivity contribution < 1.29 is 5.11 Å². The molecule has 2 atom stereocenters. The van der Waals surface area contributed by atoms with E-state index < -0.39 is 0 Å². The van der Waals surface area contributed by atoms with Crippen molar-refractivity contribution in [3.8, 4) is 0 Å². The zero-order chi connectivity index (χ0) is 13.2. The summed E-state index contributed by atoms with van der Waals surface area (Å²) >= 11 is 0. The van der Waals surface area contributed by atoms with Gasteiger partial charge in [0.15, 0.2) is 0 Å². The fourth-order valence-corrected chi connectivity index (χ4v) is 2.92. The number of benzene rings is 1. The Kier molecular flexibility index (Phi) is 4.08. The topological polar surface area (TPSA) is 23.5 Å². The van der Waals surface area contributed by atoms with Gasteiger partial charge in [0.1, 0.15) is 0 Å². The van der Waals surface area contributed by atoms with Crippen LogP contribution in [0.5, 0.6) is 0 Å². The van der Waals surface area contributed by atoms with Gasteiger partial charge in [-0.2, -0.15) is 0 Å². The summed E-state index contributed by atoms with van der Waals surface area (Å²) in [5.41, 5.74) is 1.45. The van der Waals surface area contributed by atoms with Crippen molar-refractivity contribution in [2.24, 2.45) is 5.41 Å². The van der Waals surface area contributed by atoms with E-state index >= 15 is 0 Å². The molecule has 0 amide bonds. The molecular weight excluding hydrogens is 222 g/mol. The van der Waals surface area contributed by atoms with Crippen LogP contribution in [0.3, 0.4) is 0 Å². The maximum Gasteiger partial charge on any atom is 0.0746 e. The molecule has 2 rings (SSSR count). The Morgan fingerprint density at radius 1 is 1.28 bits per heavy atom. The lowest BCUT2D eigenvalue weighted by Gasteiger charge is -2.31. The van der Waals surface area contributed by atoms with Crippen LogP contribution in [0, 0.1) is 5.41 Å². The van der Waals surface area contributed by atoms with Crippen molar-refractivity contribution in [1.82, 2.24) is 4.90 Å². The van der Waals surface area contributed by atoms with Crippen LogP contribution in [-0.4, -0.2) is 35.7 Å². The summed E-state index contributed by atoms with van der Waals surface area (Å²) < 4.78 is 0. The maximum absolute atomic E-state index is 10.3. The highest BCUT2D eigenvalue weighted by Gasteiger charge is 2.42. The Hall–Kier alpha value is -0.860. The second-order valence-corrected chi connectivity index (χ2v) is 6.26. The molecule has 1 N–H and O–H groups in total. The lowest BCUT2D eigenvalue weighted by Crippen LogP contribution is -2.42. The SMILES string of the molecule is CN(CCc1ccccc1)C1CCC(C)(C)C1O. The van der Waals surface area contributed by atoms with Crippen LogP contribution in [0.25, 0.3) is 0 Å². The first-order valence-corrected chi connectivity index (χ1v) is 6.93. The van der Waals surface area contributed by atoms with E-state index in [-0.39, 0.29) is 11.5 Å². The zero-order valence-electron chi connectivity index (χ0n) is 11.8. The minimum atomic E-state index is -0.196. The van der Waals surface area contributed by atoms with E-state index in [1.807, 2.05) is 0 Å². The van der Waals surface area contributed by atoms with Crippen LogP contribution in [0.2, 0.25) is 0 Å². The summed E-state index contributed by atoms with van der Waals surface area (Å²) in [7, 11) is 2.14. The summed E-state index contributed by atoms with van der Waals surface area (Å²) in [6, 6.07) is 10.9. The fourth-order valence-electron chi connectivity index (χ4n) is 2.92. The number of rotatable bonds is 4. The van der Waals surface area contributed by atoms with Crippen molar-refractivity contribution in [3.63, 3.8) is 0 Å². The molecule has 0 bridgehead atoms. The highest BCUT2D eigenvalue weighted by molar-refractivity contribution is 5.15. The van der Waals surface area contributed by atoms with Crippen LogP contribution in [0.1, 0.15) is 32.3 Å². The monoisotopic (exact) mass is 247 g/mol. The standard InChI is InChI=1S/C16H25NO/c1-16(2)11-9-14(15(16)18)17(3)12-10-13-7-5-4-6-8-13/h4-8,14-15,18H,9-12H2,1-3H3. The third-order valence-corrected chi connectivity index (χ3v) is 4.41. The highest BCUT2D eigenvalue weighted by Crippen LogP contribution is 2.39. The van der Waals surface area contributed by atoms with Crippen LogP contribution in [0.15, 0.2) is 30.3 Å². The molecule has 1 aromatic rings. The Morgan fingerprint density at radius 2 is 1.94 bits per heavy atom. The number of likely N-dealkylation sites (N-methyl/N-ethyl adjacent to an activating group) is 1. The summed E-state index contributed by atoms with van der Waals surface area (Å²) in [6.07, 6.45) is 3.09. The third-order valence-electron chi connectivity index (χ3n) is 4.41. The van der Waals surface area contributed by atoms with Gasteiger partial charge >= 0.3 is 0 Å². The molecule has 0 saturated heterocycles. The lowest BCUT2D eigenvalue weighted by molar-refractivity contribution is 0.0236. The van der Waals surface area contributed by atoms with Gasteiger partial charge in [-0.1, -0.05) is 44.2 Å². The molecule has 0 aromatic heterocycles. The van der Waals surface area contributed by atoms with E-state index in [4.69, 9.17) is 0 Å². The van der Waals surface area contributed by atoms with Gasteiger partial charge in [-0.15, -0.1) is 0 Å². The molecule has 1 aliphatic rings. The molecule has 100 valence electrons. The van der Waals surface area contributed by atoms with Gasteiger partial charge in [0, 0.05) is 12.6 Å². The zero-order valence-corrected chi connectivity index (χ0v) is 11.8. The van der Waals surface area contributed by atoms with E-state index in [0.717, 1.165) is 25.8 Å². The van der Waals surface area contributed by atoms with Crippen LogP contribution >= 0.6 is 0 Å². The average Bonchev–Trinajstić information content (AvgIpc) is 2.63. The molecule has 1 aromatic carbocycles. The van der Waals surface area contributed by atoms with Gasteiger partial charge < -0.3 is 10.0 Å². The molecule has 1 saturated carbocycles. The molecule has 2 heteroatoms. The second-order valence-electron chi connectivity index (χ2n) is 6.26. The van der Waals surface area contributed by atoms with E-state index in [0.29, 0.717) is 6.04 Å². The number of nitrogens with zero attached hydrogens (tertiary/aromatic N) is 1. The molecule has 0 radical (unpaired) electrons. The Bertz CT molecular complexity index is 374. The van der Waals surface area contributed by atoms with Crippen LogP contribution in [-0.2, 0) is 6.42 Å². The normalized spacial score (nSPS) is 26.7. The predicted octanol–water partition coefficient (Wildman–Crippen LogP) is 2.71. The Balaban J connectivity index is 1.88. The third kappa shape index (κ3) is 2.93. The molecule has 0 heterocycles. The Labute approximate surface area is 111 Å². The average molecular weight is 247 g/mol. The van der Waals surface area contributed by atoms with Crippen molar-refractivity contribution in [2.45, 2.75) is 45.3 Å². The largest absolute Gasteiger partial charge is 0.391 e. The number of hydrogen-bond donors (Lipinski definition) is 1. The van der Waals surface area contributed by atoms with E-state index in [2.05, 4.69) is 56.1 Å². The number of aliphatic hydroxyl groups is 1. The van der Waals surface area contributed by atoms with Gasteiger partial charge in [0.05, 0.1) is 6.10 Å². The highest BCUT2D eigenvalue weighted by atomic mass is 16.3. The smallest absolute Gasteiger partial charge is 0.0746 e. The van der Waals surface area contributed by atoms with Crippen molar-refractivity contribution in [2.75, 3.05) is 13.6 Å². The minimum Gasteiger partial charge on any atom is -0.391 e. The predicted molar refractivity (Wildman–Crippen MR) is 75.6 cm³/mol. The summed E-state index contributed by atoms with van der Waals surface area (Å²) in [4.78, 5) is 2.33. The van der Waals surface area contributed by atoms with Crippen molar-refractivity contribution in [3.05, 3.63) is 35.9 Å². The van der Waals surface area contributed by atoms with Gasteiger partial charge in [0.25, 0.3) is 0 Å². The van der Waals surface area contributed by atoms with E-state index in [1.54, 1.807) is 0 Å². The quantitative estimate of drug-likeness (QED) is 0.884. The van der Waals surface area contributed by atoms with Gasteiger partial charge in [0.2, 0.25) is 0 Å². The second kappa shape index (κ2) is 5.41. The van der Waals surface area contributed by atoms with Gasteiger partial charge in [-0.25, -0.2) is 0 Å². The lowest BCUT2D eigenvalue weighted by atomic mass is 9.88. The molecule has 1 fully saturated rings. The summed E-state index contributed by atoms with van der Waals surface area (Å²) in [5.74, 6) is 0. The number of hydrogen-bond acceptors (Lipinski definition) is 2. The molecule has 2 nitrogen and oxygen atoms in total.